The maximum absolute atomic E-state index is 13.8. The minimum atomic E-state index is -4.64. The summed E-state index contributed by atoms with van der Waals surface area (Å²) in [6.07, 6.45) is -5.55. The second kappa shape index (κ2) is 9.97. The van der Waals surface area contributed by atoms with Gasteiger partial charge in [-0.3, -0.25) is 14.9 Å². The van der Waals surface area contributed by atoms with Crippen LogP contribution in [0.1, 0.15) is 28.8 Å². The molecule has 0 bridgehead atoms. The first-order chi connectivity index (χ1) is 17.1. The number of halogens is 3. The molecule has 1 amide bonds. The molecule has 14 heteroatoms. The summed E-state index contributed by atoms with van der Waals surface area (Å²) in [5.74, 6) is -0.383. The van der Waals surface area contributed by atoms with E-state index in [1.807, 2.05) is 0 Å². The van der Waals surface area contributed by atoms with E-state index in [1.165, 1.54) is 36.7 Å². The number of anilines is 1. The molecule has 2 aromatic heterocycles. The molecule has 1 N–H and O–H groups in total. The Labute approximate surface area is 205 Å². The highest BCUT2D eigenvalue weighted by Gasteiger charge is 2.36. The molecule has 3 heterocycles. The molecule has 0 atom stereocenters. The van der Waals surface area contributed by atoms with Crippen LogP contribution < -0.4 is 15.0 Å². The number of pyridine rings is 1. The second-order valence-corrected chi connectivity index (χ2v) is 8.72. The van der Waals surface area contributed by atoms with E-state index in [0.717, 1.165) is 17.4 Å². The van der Waals surface area contributed by atoms with E-state index in [1.54, 1.807) is 4.90 Å². The lowest BCUT2D eigenvalue weighted by molar-refractivity contribution is -0.384. The topological polar surface area (TPSA) is 124 Å². The van der Waals surface area contributed by atoms with Crippen LogP contribution in [0.4, 0.5) is 29.5 Å². The zero-order valence-corrected chi connectivity index (χ0v) is 19.5. The van der Waals surface area contributed by atoms with Crippen LogP contribution in [-0.2, 0) is 10.9 Å². The molecular weight excluding hydrogens is 505 g/mol. The number of fused-ring (bicyclic) bond motifs is 1. The summed E-state index contributed by atoms with van der Waals surface area (Å²) in [5.41, 5.74) is -0.979. The maximum atomic E-state index is 13.8. The number of ether oxygens (including phenoxy) is 2. The Bertz CT molecular complexity index is 1300. The van der Waals surface area contributed by atoms with Gasteiger partial charge in [-0.2, -0.15) is 13.2 Å². The first-order valence-corrected chi connectivity index (χ1v) is 11.5. The number of nitrogens with zero attached hydrogens (tertiary/aromatic N) is 3. The molecule has 190 valence electrons. The summed E-state index contributed by atoms with van der Waals surface area (Å²) in [6.45, 7) is 0.509. The lowest BCUT2D eigenvalue weighted by atomic mass is 10.1. The van der Waals surface area contributed by atoms with Gasteiger partial charge in [0.2, 0.25) is 0 Å². The average Bonchev–Trinajstić information content (AvgIpc) is 3.27. The van der Waals surface area contributed by atoms with Gasteiger partial charge in [-0.05, 0) is 18.2 Å². The Morgan fingerprint density at radius 1 is 1.22 bits per heavy atom. The molecule has 10 nitrogen and oxygen atoms in total. The van der Waals surface area contributed by atoms with Crippen LogP contribution >= 0.6 is 11.3 Å². The monoisotopic (exact) mass is 524 g/mol. The summed E-state index contributed by atoms with van der Waals surface area (Å²) in [5, 5.41) is 14.5. The van der Waals surface area contributed by atoms with Gasteiger partial charge in [0.05, 0.1) is 26.3 Å². The van der Waals surface area contributed by atoms with E-state index >= 15 is 0 Å². The van der Waals surface area contributed by atoms with Crippen LogP contribution in [0.3, 0.4) is 0 Å². The number of rotatable bonds is 5. The number of thiophene rings is 1. The molecule has 0 aliphatic carbocycles. The first kappa shape index (κ1) is 25.2. The number of nitro benzene ring substituents is 1. The van der Waals surface area contributed by atoms with Gasteiger partial charge in [0.15, 0.2) is 0 Å². The molecule has 0 unspecified atom stereocenters. The number of aromatic nitrogens is 1. The zero-order chi connectivity index (χ0) is 26.0. The first-order valence-electron chi connectivity index (χ1n) is 10.7. The number of nitrogens with one attached hydrogen (secondary N) is 1. The van der Waals surface area contributed by atoms with Gasteiger partial charge < -0.3 is 19.7 Å². The third kappa shape index (κ3) is 5.32. The van der Waals surface area contributed by atoms with Crippen molar-refractivity contribution in [3.63, 3.8) is 0 Å². The molecule has 0 saturated carbocycles. The van der Waals surface area contributed by atoms with E-state index in [0.29, 0.717) is 12.8 Å². The van der Waals surface area contributed by atoms with E-state index in [-0.39, 0.29) is 46.1 Å². The largest absolute Gasteiger partial charge is 0.514 e. The number of piperidine rings is 1. The number of alkyl halides is 3. The van der Waals surface area contributed by atoms with Crippen LogP contribution in [0.15, 0.2) is 35.7 Å². The Kier molecular flexibility index (Phi) is 6.97. The number of hydrogen-bond donors (Lipinski definition) is 1. The van der Waals surface area contributed by atoms with E-state index < -0.39 is 34.8 Å². The fraction of sp³-hybridized carbons (Fsp3) is 0.318. The molecular formula is C22H19F3N4O6S. The summed E-state index contributed by atoms with van der Waals surface area (Å²) in [7, 11) is 1.39. The molecule has 0 radical (unpaired) electrons. The summed E-state index contributed by atoms with van der Waals surface area (Å²) < 4.78 is 51.5. The minimum absolute atomic E-state index is 0.0192. The van der Waals surface area contributed by atoms with Crippen molar-refractivity contribution in [1.29, 1.82) is 0 Å². The highest BCUT2D eigenvalue weighted by molar-refractivity contribution is 7.17. The van der Waals surface area contributed by atoms with Crippen molar-refractivity contribution in [2.75, 3.05) is 25.0 Å². The highest BCUT2D eigenvalue weighted by atomic mass is 32.1. The molecule has 1 aromatic carbocycles. The van der Waals surface area contributed by atoms with Gasteiger partial charge in [0.25, 0.3) is 11.6 Å². The predicted octanol–water partition coefficient (Wildman–Crippen LogP) is 4.77. The minimum Gasteiger partial charge on any atom is -0.431 e. The predicted molar refractivity (Wildman–Crippen MR) is 123 cm³/mol. The fourth-order valence-electron chi connectivity index (χ4n) is 3.76. The zero-order valence-electron chi connectivity index (χ0n) is 18.7. The van der Waals surface area contributed by atoms with Crippen LogP contribution in [0.25, 0.3) is 10.2 Å². The molecule has 1 aliphatic rings. The summed E-state index contributed by atoms with van der Waals surface area (Å²) in [4.78, 5) is 40.3. The van der Waals surface area contributed by atoms with E-state index in [4.69, 9.17) is 9.47 Å². The van der Waals surface area contributed by atoms with E-state index in [2.05, 4.69) is 10.3 Å². The van der Waals surface area contributed by atoms with Crippen molar-refractivity contribution in [2.24, 2.45) is 0 Å². The van der Waals surface area contributed by atoms with Crippen LogP contribution in [-0.4, -0.2) is 48.2 Å². The second-order valence-electron chi connectivity index (χ2n) is 7.84. The van der Waals surface area contributed by atoms with Gasteiger partial charge in [-0.15, -0.1) is 11.3 Å². The Morgan fingerprint density at radius 3 is 2.47 bits per heavy atom. The smallest absolute Gasteiger partial charge is 0.431 e. The number of non-ortho nitro benzene ring substituents is 1. The number of carbonyl (C=O) groups excluding carboxylic acids is 2. The van der Waals surface area contributed by atoms with Crippen LogP contribution in [0, 0.1) is 10.1 Å². The van der Waals surface area contributed by atoms with Crippen molar-refractivity contribution in [3.05, 3.63) is 57.0 Å². The number of hydrogen-bond acceptors (Lipinski definition) is 9. The lowest BCUT2D eigenvalue weighted by Crippen LogP contribution is -2.38. The number of benzene rings is 1. The summed E-state index contributed by atoms with van der Waals surface area (Å²) >= 11 is 0.810. The Morgan fingerprint density at radius 2 is 1.89 bits per heavy atom. The SMILES string of the molecule is CNC(=O)c1csc2c(C(F)(F)F)cc(N3CCC(OC(=O)Oc4ccc([N+](=O)[O-])cc4)CC3)nc12. The third-order valence-corrected chi connectivity index (χ3v) is 6.57. The molecule has 36 heavy (non-hydrogen) atoms. The maximum Gasteiger partial charge on any atom is 0.514 e. The number of nitro groups is 1. The third-order valence-electron chi connectivity index (χ3n) is 5.56. The van der Waals surface area contributed by atoms with Crippen molar-refractivity contribution in [2.45, 2.75) is 25.1 Å². The van der Waals surface area contributed by atoms with Gasteiger partial charge >= 0.3 is 12.3 Å². The van der Waals surface area contributed by atoms with Crippen LogP contribution in [0.5, 0.6) is 5.75 Å². The Hall–Kier alpha value is -3.94. The standard InChI is InChI=1S/C22H19F3N4O6S/c1-26-20(30)15-11-36-19-16(22(23,24)25)10-17(27-18(15)19)28-8-6-14(7-9-28)35-21(31)34-13-4-2-12(3-5-13)29(32)33/h2-5,10-11,14H,6-9H2,1H3,(H,26,30). The fourth-order valence-corrected chi connectivity index (χ4v) is 4.78. The quantitative estimate of drug-likeness (QED) is 0.219. The van der Waals surface area contributed by atoms with Gasteiger partial charge in [-0.1, -0.05) is 0 Å². The average molecular weight is 524 g/mol. The molecule has 0 spiro atoms. The molecule has 1 aliphatic heterocycles. The van der Waals surface area contributed by atoms with E-state index in [9.17, 15) is 32.9 Å². The van der Waals surface area contributed by atoms with Crippen molar-refractivity contribution in [3.8, 4) is 5.75 Å². The highest BCUT2D eigenvalue weighted by Crippen LogP contribution is 2.40. The molecule has 3 aromatic rings. The lowest BCUT2D eigenvalue weighted by Gasteiger charge is -2.32. The van der Waals surface area contributed by atoms with Gasteiger partial charge in [0.1, 0.15) is 17.7 Å². The molecule has 1 fully saturated rings. The molecule has 4 rings (SSSR count). The van der Waals surface area contributed by atoms with Crippen molar-refractivity contribution < 1.29 is 37.2 Å². The normalized spacial score (nSPS) is 14.5. The summed E-state index contributed by atoms with van der Waals surface area (Å²) in [6, 6.07) is 5.86. The number of amides is 1. The van der Waals surface area contributed by atoms with Gasteiger partial charge in [0, 0.05) is 50.5 Å². The molecule has 1 saturated heterocycles. The van der Waals surface area contributed by atoms with Crippen molar-refractivity contribution >= 4 is 45.1 Å². The van der Waals surface area contributed by atoms with Crippen molar-refractivity contribution in [1.82, 2.24) is 10.3 Å². The number of carbonyl (C=O) groups is 2. The Balaban J connectivity index is 1.44. The van der Waals surface area contributed by atoms with Crippen LogP contribution in [0.2, 0.25) is 0 Å². The van der Waals surface area contributed by atoms with Gasteiger partial charge in [-0.25, -0.2) is 9.78 Å².